The SMILES string of the molecule is COc1ccc(OCCN(C)C(=O)c2ccc[nH]c2=S)cc1. The van der Waals surface area contributed by atoms with Gasteiger partial charge in [0.25, 0.3) is 5.91 Å². The molecule has 2 aromatic rings. The third kappa shape index (κ3) is 4.08. The summed E-state index contributed by atoms with van der Waals surface area (Å²) in [7, 11) is 3.34. The van der Waals surface area contributed by atoms with Gasteiger partial charge in [0.15, 0.2) is 0 Å². The van der Waals surface area contributed by atoms with E-state index in [2.05, 4.69) is 4.98 Å². The van der Waals surface area contributed by atoms with Gasteiger partial charge in [0.2, 0.25) is 0 Å². The number of carbonyl (C=O) groups excluding carboxylic acids is 1. The van der Waals surface area contributed by atoms with E-state index in [-0.39, 0.29) is 5.91 Å². The number of pyridine rings is 1. The smallest absolute Gasteiger partial charge is 0.256 e. The monoisotopic (exact) mass is 318 g/mol. The number of likely N-dealkylation sites (N-methyl/N-ethyl adjacent to an activating group) is 1. The molecular weight excluding hydrogens is 300 g/mol. The van der Waals surface area contributed by atoms with Crippen molar-refractivity contribution in [3.05, 3.63) is 52.8 Å². The molecule has 1 amide bonds. The molecule has 0 aliphatic carbocycles. The van der Waals surface area contributed by atoms with Crippen molar-refractivity contribution in [1.82, 2.24) is 9.88 Å². The van der Waals surface area contributed by atoms with Gasteiger partial charge in [-0.1, -0.05) is 12.2 Å². The number of ether oxygens (including phenoxy) is 2. The first-order chi connectivity index (χ1) is 10.6. The number of nitrogens with zero attached hydrogens (tertiary/aromatic N) is 1. The molecule has 1 aromatic carbocycles. The van der Waals surface area contributed by atoms with Crippen LogP contribution in [0.25, 0.3) is 0 Å². The van der Waals surface area contributed by atoms with Crippen LogP contribution in [0.2, 0.25) is 0 Å². The van der Waals surface area contributed by atoms with Crippen LogP contribution in [0, 0.1) is 4.64 Å². The van der Waals surface area contributed by atoms with Gasteiger partial charge in [-0.2, -0.15) is 0 Å². The Morgan fingerprint density at radius 1 is 1.23 bits per heavy atom. The molecule has 0 saturated carbocycles. The van der Waals surface area contributed by atoms with Crippen molar-refractivity contribution in [2.45, 2.75) is 0 Å². The second-order valence-electron chi connectivity index (χ2n) is 4.66. The van der Waals surface area contributed by atoms with Crippen molar-refractivity contribution in [3.8, 4) is 11.5 Å². The van der Waals surface area contributed by atoms with Crippen molar-refractivity contribution in [2.75, 3.05) is 27.3 Å². The number of hydrogen-bond donors (Lipinski definition) is 1. The average molecular weight is 318 g/mol. The molecule has 0 atom stereocenters. The lowest BCUT2D eigenvalue weighted by Gasteiger charge is -2.17. The molecule has 0 fully saturated rings. The van der Waals surface area contributed by atoms with Gasteiger partial charge in [0, 0.05) is 13.2 Å². The van der Waals surface area contributed by atoms with Crippen molar-refractivity contribution in [3.63, 3.8) is 0 Å². The zero-order chi connectivity index (χ0) is 15.9. The number of H-pyrrole nitrogens is 1. The van der Waals surface area contributed by atoms with Gasteiger partial charge >= 0.3 is 0 Å². The molecule has 5 nitrogen and oxygen atoms in total. The lowest BCUT2D eigenvalue weighted by atomic mass is 10.2. The Balaban J connectivity index is 1.87. The summed E-state index contributed by atoms with van der Waals surface area (Å²) < 4.78 is 11.1. The van der Waals surface area contributed by atoms with Crippen LogP contribution in [-0.2, 0) is 0 Å². The Hall–Kier alpha value is -2.34. The first-order valence-corrected chi connectivity index (χ1v) is 7.22. The van der Waals surface area contributed by atoms with E-state index in [4.69, 9.17) is 21.7 Å². The zero-order valence-electron chi connectivity index (χ0n) is 12.5. The van der Waals surface area contributed by atoms with E-state index in [1.54, 1.807) is 37.4 Å². The van der Waals surface area contributed by atoms with Gasteiger partial charge < -0.3 is 19.4 Å². The number of aromatic nitrogens is 1. The minimum Gasteiger partial charge on any atom is -0.497 e. The largest absolute Gasteiger partial charge is 0.497 e. The fraction of sp³-hybridized carbons (Fsp3) is 0.250. The summed E-state index contributed by atoms with van der Waals surface area (Å²) in [6.45, 7) is 0.867. The third-order valence-corrected chi connectivity index (χ3v) is 3.49. The molecule has 2 rings (SSSR count). The van der Waals surface area contributed by atoms with Crippen molar-refractivity contribution < 1.29 is 14.3 Å². The number of hydrogen-bond acceptors (Lipinski definition) is 4. The summed E-state index contributed by atoms with van der Waals surface area (Å²) in [5, 5.41) is 0. The van der Waals surface area contributed by atoms with E-state index in [1.165, 1.54) is 0 Å². The van der Waals surface area contributed by atoms with Crippen LogP contribution < -0.4 is 9.47 Å². The molecule has 116 valence electrons. The fourth-order valence-electron chi connectivity index (χ4n) is 1.87. The number of nitrogens with one attached hydrogen (secondary N) is 1. The van der Waals surface area contributed by atoms with E-state index in [0.29, 0.717) is 23.4 Å². The van der Waals surface area contributed by atoms with Crippen molar-refractivity contribution >= 4 is 18.1 Å². The Labute approximate surface area is 134 Å². The number of aromatic amines is 1. The number of carbonyl (C=O) groups is 1. The molecule has 0 bridgehead atoms. The summed E-state index contributed by atoms with van der Waals surface area (Å²) in [6, 6.07) is 10.8. The van der Waals surface area contributed by atoms with Gasteiger partial charge in [-0.3, -0.25) is 4.79 Å². The standard InChI is InChI=1S/C16H18N2O3S/c1-18(16(19)14-4-3-9-17-15(14)22)10-11-21-13-7-5-12(20-2)6-8-13/h3-9H,10-11H2,1-2H3,(H,17,22). The highest BCUT2D eigenvalue weighted by Crippen LogP contribution is 2.16. The molecule has 6 heteroatoms. The summed E-state index contributed by atoms with van der Waals surface area (Å²) >= 11 is 5.11. The normalized spacial score (nSPS) is 10.1. The lowest BCUT2D eigenvalue weighted by Crippen LogP contribution is -2.31. The van der Waals surface area contributed by atoms with Crippen LogP contribution in [0.5, 0.6) is 11.5 Å². The second-order valence-corrected chi connectivity index (χ2v) is 5.07. The molecule has 0 unspecified atom stereocenters. The van der Waals surface area contributed by atoms with E-state index >= 15 is 0 Å². The molecule has 0 saturated heterocycles. The first-order valence-electron chi connectivity index (χ1n) is 6.82. The van der Waals surface area contributed by atoms with Gasteiger partial charge in [0.1, 0.15) is 22.7 Å². The second kappa shape index (κ2) is 7.61. The maximum Gasteiger partial charge on any atom is 0.256 e. The van der Waals surface area contributed by atoms with Gasteiger partial charge in [-0.15, -0.1) is 0 Å². The van der Waals surface area contributed by atoms with Crippen LogP contribution >= 0.6 is 12.2 Å². The molecule has 1 heterocycles. The number of methoxy groups -OCH3 is 1. The molecule has 1 aromatic heterocycles. The van der Waals surface area contributed by atoms with Crippen LogP contribution in [-0.4, -0.2) is 43.1 Å². The fourth-order valence-corrected chi connectivity index (χ4v) is 2.09. The van der Waals surface area contributed by atoms with Crippen LogP contribution in [0.15, 0.2) is 42.6 Å². The van der Waals surface area contributed by atoms with Crippen LogP contribution in [0.1, 0.15) is 10.4 Å². The molecule has 0 spiro atoms. The topological polar surface area (TPSA) is 54.6 Å². The quantitative estimate of drug-likeness (QED) is 0.832. The predicted octanol–water partition coefficient (Wildman–Crippen LogP) is 2.90. The average Bonchev–Trinajstić information content (AvgIpc) is 2.55. The highest BCUT2D eigenvalue weighted by atomic mass is 32.1. The summed E-state index contributed by atoms with van der Waals surface area (Å²) in [4.78, 5) is 16.7. The summed E-state index contributed by atoms with van der Waals surface area (Å²) in [5.41, 5.74) is 0.490. The van der Waals surface area contributed by atoms with Crippen LogP contribution in [0.4, 0.5) is 0 Å². The van der Waals surface area contributed by atoms with Gasteiger partial charge in [0.05, 0.1) is 19.2 Å². The van der Waals surface area contributed by atoms with Gasteiger partial charge in [-0.05, 0) is 36.4 Å². The van der Waals surface area contributed by atoms with Crippen molar-refractivity contribution in [1.29, 1.82) is 0 Å². The molecule has 1 N–H and O–H groups in total. The Morgan fingerprint density at radius 3 is 2.55 bits per heavy atom. The van der Waals surface area contributed by atoms with E-state index in [1.807, 2.05) is 24.3 Å². The molecule has 22 heavy (non-hydrogen) atoms. The molecular formula is C16H18N2O3S. The van der Waals surface area contributed by atoms with Gasteiger partial charge in [-0.25, -0.2) is 0 Å². The highest BCUT2D eigenvalue weighted by molar-refractivity contribution is 7.71. The number of amides is 1. The van der Waals surface area contributed by atoms with E-state index in [0.717, 1.165) is 11.5 Å². The molecule has 0 aliphatic heterocycles. The van der Waals surface area contributed by atoms with Crippen molar-refractivity contribution in [2.24, 2.45) is 0 Å². The zero-order valence-corrected chi connectivity index (χ0v) is 13.4. The Bertz CT molecular complexity index is 682. The predicted molar refractivity (Wildman–Crippen MR) is 87.1 cm³/mol. The summed E-state index contributed by atoms with van der Waals surface area (Å²) in [6.07, 6.45) is 1.70. The van der Waals surface area contributed by atoms with Crippen LogP contribution in [0.3, 0.4) is 0 Å². The maximum absolute atomic E-state index is 12.3. The van der Waals surface area contributed by atoms with E-state index in [9.17, 15) is 4.79 Å². The van der Waals surface area contributed by atoms with E-state index < -0.39 is 0 Å². The maximum atomic E-state index is 12.3. The third-order valence-electron chi connectivity index (χ3n) is 3.15. The molecule has 0 aliphatic rings. The number of benzene rings is 1. The summed E-state index contributed by atoms with van der Waals surface area (Å²) in [5.74, 6) is 1.39. The first kappa shape index (κ1) is 16.0. The number of rotatable bonds is 6. The highest BCUT2D eigenvalue weighted by Gasteiger charge is 2.12. The Morgan fingerprint density at radius 2 is 1.91 bits per heavy atom. The minimum absolute atomic E-state index is 0.125. The molecule has 0 radical (unpaired) electrons. The lowest BCUT2D eigenvalue weighted by molar-refractivity contribution is 0.0773. The Kier molecular flexibility index (Phi) is 5.55. The minimum atomic E-state index is -0.125.